The Morgan fingerprint density at radius 3 is 2.27 bits per heavy atom. The molecular formula is C27H44O6. The zero-order valence-electron chi connectivity index (χ0n) is 20.9. The number of carbonyl (C=O) groups is 1. The van der Waals surface area contributed by atoms with Gasteiger partial charge in [-0.05, 0) is 107 Å². The van der Waals surface area contributed by atoms with E-state index in [9.17, 15) is 30.3 Å². The number of aliphatic hydroxyl groups is 5. The van der Waals surface area contributed by atoms with Crippen molar-refractivity contribution < 1.29 is 30.3 Å². The molecule has 0 aliphatic heterocycles. The van der Waals surface area contributed by atoms with Crippen LogP contribution in [0.3, 0.4) is 0 Å². The number of allylic oxidation sites excluding steroid dienone is 2. The average Bonchev–Trinajstić information content (AvgIpc) is 3.06. The smallest absolute Gasteiger partial charge is 0.159 e. The maximum atomic E-state index is 13.2. The second-order valence-corrected chi connectivity index (χ2v) is 13.1. The van der Waals surface area contributed by atoms with Crippen molar-refractivity contribution in [1.82, 2.24) is 0 Å². The highest BCUT2D eigenvalue weighted by Gasteiger charge is 2.63. The molecule has 0 aromatic carbocycles. The van der Waals surface area contributed by atoms with Crippen molar-refractivity contribution in [3.63, 3.8) is 0 Å². The maximum Gasteiger partial charge on any atom is 0.159 e. The van der Waals surface area contributed by atoms with Crippen molar-refractivity contribution in [2.24, 2.45) is 34.5 Å². The monoisotopic (exact) mass is 464 g/mol. The quantitative estimate of drug-likeness (QED) is 0.427. The minimum atomic E-state index is -1.28. The summed E-state index contributed by atoms with van der Waals surface area (Å²) in [5, 5.41) is 53.3. The van der Waals surface area contributed by atoms with E-state index in [1.54, 1.807) is 20.8 Å². The molecule has 0 saturated heterocycles. The standard InChI is InChI=1S/C27H44O6/c1-24(2,32)10-9-23(31)27(5,33)22-7-6-16-15-12-19(28)18-13-20(29)21(30)14-26(18,4)17(15)8-11-25(16,22)3/h12,16-18,20-23,29-33H,6-11,13-14H2,1-5H3/t16-,17+,18+,20+,21+,22+,23-,25+,26-,27-/m1/s1. The molecule has 6 heteroatoms. The van der Waals surface area contributed by atoms with Crippen molar-refractivity contribution in [3.8, 4) is 0 Å². The van der Waals surface area contributed by atoms with Crippen LogP contribution in [0.1, 0.15) is 86.0 Å². The second kappa shape index (κ2) is 8.12. The number of ketones is 1. The maximum absolute atomic E-state index is 13.2. The van der Waals surface area contributed by atoms with Crippen LogP contribution >= 0.6 is 0 Å². The Kier molecular flexibility index (Phi) is 6.23. The molecule has 0 heterocycles. The molecule has 0 spiro atoms. The zero-order chi connectivity index (χ0) is 24.6. The molecule has 0 amide bonds. The van der Waals surface area contributed by atoms with Crippen LogP contribution < -0.4 is 0 Å². The number of carbonyl (C=O) groups excluding carboxylic acids is 1. The summed E-state index contributed by atoms with van der Waals surface area (Å²) in [6.45, 7) is 9.49. The van der Waals surface area contributed by atoms with E-state index in [-0.39, 0.29) is 40.3 Å². The first kappa shape index (κ1) is 25.3. The minimum absolute atomic E-state index is 0.0689. The molecule has 4 aliphatic rings. The lowest BCUT2D eigenvalue weighted by Crippen LogP contribution is -2.57. The Bertz CT molecular complexity index is 812. The summed E-state index contributed by atoms with van der Waals surface area (Å²) in [6, 6.07) is 0. The van der Waals surface area contributed by atoms with Crippen molar-refractivity contribution in [2.45, 2.75) is 115 Å². The highest BCUT2D eigenvalue weighted by atomic mass is 16.3. The molecule has 188 valence electrons. The van der Waals surface area contributed by atoms with E-state index in [0.29, 0.717) is 25.7 Å². The summed E-state index contributed by atoms with van der Waals surface area (Å²) in [5.74, 6) is 0.0783. The van der Waals surface area contributed by atoms with Gasteiger partial charge in [0.15, 0.2) is 5.78 Å². The Morgan fingerprint density at radius 1 is 1.00 bits per heavy atom. The van der Waals surface area contributed by atoms with Gasteiger partial charge in [0.2, 0.25) is 0 Å². The lowest BCUT2D eigenvalue weighted by Gasteiger charge is -2.58. The van der Waals surface area contributed by atoms with Crippen molar-refractivity contribution in [1.29, 1.82) is 0 Å². The van der Waals surface area contributed by atoms with Crippen LogP contribution in [-0.2, 0) is 4.79 Å². The molecule has 4 aliphatic carbocycles. The van der Waals surface area contributed by atoms with Gasteiger partial charge in [-0.15, -0.1) is 0 Å². The lowest BCUT2D eigenvalue weighted by molar-refractivity contribution is -0.151. The molecule has 0 bridgehead atoms. The Hall–Kier alpha value is -0.790. The summed E-state index contributed by atoms with van der Waals surface area (Å²) in [6.07, 6.45) is 4.21. The van der Waals surface area contributed by atoms with Gasteiger partial charge in [0, 0.05) is 5.92 Å². The molecule has 0 aromatic rings. The molecule has 6 nitrogen and oxygen atoms in total. The van der Waals surface area contributed by atoms with E-state index >= 15 is 0 Å². The van der Waals surface area contributed by atoms with Gasteiger partial charge in [-0.25, -0.2) is 0 Å². The van der Waals surface area contributed by atoms with Crippen LogP contribution in [0, 0.1) is 34.5 Å². The van der Waals surface area contributed by atoms with Crippen molar-refractivity contribution in [2.75, 3.05) is 0 Å². The Balaban J connectivity index is 1.61. The number of fused-ring (bicyclic) bond motifs is 5. The highest BCUT2D eigenvalue weighted by molar-refractivity contribution is 5.94. The first-order valence-electron chi connectivity index (χ1n) is 12.9. The van der Waals surface area contributed by atoms with Crippen LogP contribution in [0.4, 0.5) is 0 Å². The largest absolute Gasteiger partial charge is 0.390 e. The average molecular weight is 465 g/mol. The van der Waals surface area contributed by atoms with Gasteiger partial charge in [-0.2, -0.15) is 0 Å². The second-order valence-electron chi connectivity index (χ2n) is 13.1. The van der Waals surface area contributed by atoms with E-state index in [4.69, 9.17) is 0 Å². The van der Waals surface area contributed by atoms with Gasteiger partial charge in [0.05, 0.1) is 29.5 Å². The molecule has 4 rings (SSSR count). The fourth-order valence-corrected chi connectivity index (χ4v) is 8.37. The summed E-state index contributed by atoms with van der Waals surface area (Å²) in [7, 11) is 0. The van der Waals surface area contributed by atoms with Crippen LogP contribution in [0.15, 0.2) is 11.6 Å². The first-order chi connectivity index (χ1) is 15.1. The van der Waals surface area contributed by atoms with Crippen LogP contribution in [0.5, 0.6) is 0 Å². The molecule has 3 fully saturated rings. The molecular weight excluding hydrogens is 420 g/mol. The van der Waals surface area contributed by atoms with Crippen molar-refractivity contribution >= 4 is 5.78 Å². The molecule has 10 atom stereocenters. The first-order valence-corrected chi connectivity index (χ1v) is 12.9. The number of aliphatic hydroxyl groups excluding tert-OH is 3. The predicted molar refractivity (Wildman–Crippen MR) is 125 cm³/mol. The topological polar surface area (TPSA) is 118 Å². The summed E-state index contributed by atoms with van der Waals surface area (Å²) >= 11 is 0. The van der Waals surface area contributed by atoms with Crippen LogP contribution in [-0.4, -0.2) is 60.8 Å². The normalized spacial score (nSPS) is 46.0. The fourth-order valence-electron chi connectivity index (χ4n) is 8.37. The van der Waals surface area contributed by atoms with E-state index < -0.39 is 29.5 Å². The van der Waals surface area contributed by atoms with E-state index in [1.807, 2.05) is 6.08 Å². The van der Waals surface area contributed by atoms with Gasteiger partial charge in [0.25, 0.3) is 0 Å². The zero-order valence-corrected chi connectivity index (χ0v) is 20.9. The molecule has 0 unspecified atom stereocenters. The fraction of sp³-hybridized carbons (Fsp3) is 0.889. The third kappa shape index (κ3) is 4.04. The van der Waals surface area contributed by atoms with Gasteiger partial charge in [-0.1, -0.05) is 19.4 Å². The summed E-state index contributed by atoms with van der Waals surface area (Å²) < 4.78 is 0. The van der Waals surface area contributed by atoms with Crippen molar-refractivity contribution in [3.05, 3.63) is 11.6 Å². The van der Waals surface area contributed by atoms with E-state index in [0.717, 1.165) is 25.7 Å². The Morgan fingerprint density at radius 2 is 1.64 bits per heavy atom. The molecule has 0 radical (unpaired) electrons. The van der Waals surface area contributed by atoms with Gasteiger partial charge in [-0.3, -0.25) is 4.79 Å². The Labute approximate surface area is 198 Å². The number of rotatable bonds is 5. The SMILES string of the molecule is CC(C)(O)CC[C@@H](O)[C@](C)(O)[C@H]1CC[C@@H]2C3=CC(=O)[C@@H]4C[C@H](O)[C@@H](O)C[C@]4(C)[C@H]3CC[C@@]21C. The highest BCUT2D eigenvalue weighted by Crippen LogP contribution is 2.67. The third-order valence-electron chi connectivity index (χ3n) is 10.3. The van der Waals surface area contributed by atoms with E-state index in [2.05, 4.69) is 13.8 Å². The number of hydrogen-bond acceptors (Lipinski definition) is 6. The molecule has 3 saturated carbocycles. The van der Waals surface area contributed by atoms with Gasteiger partial charge in [0.1, 0.15) is 0 Å². The van der Waals surface area contributed by atoms with E-state index in [1.165, 1.54) is 5.57 Å². The third-order valence-corrected chi connectivity index (χ3v) is 10.3. The molecule has 0 aromatic heterocycles. The lowest BCUT2D eigenvalue weighted by atomic mass is 9.47. The number of hydrogen-bond donors (Lipinski definition) is 5. The van der Waals surface area contributed by atoms with Gasteiger partial charge < -0.3 is 25.5 Å². The summed E-state index contributed by atoms with van der Waals surface area (Å²) in [5.41, 5.74) is -1.58. The predicted octanol–water partition coefficient (Wildman–Crippen LogP) is 2.74. The molecule has 5 N–H and O–H groups in total. The minimum Gasteiger partial charge on any atom is -0.390 e. The van der Waals surface area contributed by atoms with Crippen LogP contribution in [0.2, 0.25) is 0 Å². The van der Waals surface area contributed by atoms with Crippen LogP contribution in [0.25, 0.3) is 0 Å². The van der Waals surface area contributed by atoms with Gasteiger partial charge >= 0.3 is 0 Å². The summed E-state index contributed by atoms with van der Waals surface area (Å²) in [4.78, 5) is 13.2. The molecule has 33 heavy (non-hydrogen) atoms.